The summed E-state index contributed by atoms with van der Waals surface area (Å²) in [5.41, 5.74) is 1.04. The fraction of sp³-hybridized carbons (Fsp3) is 0.688. The first kappa shape index (κ1) is 17.7. The van der Waals surface area contributed by atoms with Gasteiger partial charge in [-0.2, -0.15) is 5.10 Å². The number of nitrogens with zero attached hydrogens (tertiary/aromatic N) is 3. The molecule has 0 amide bonds. The van der Waals surface area contributed by atoms with Gasteiger partial charge >= 0.3 is 0 Å². The first-order valence-electron chi connectivity index (χ1n) is 7.66. The first-order valence-corrected chi connectivity index (χ1v) is 7.66. The zero-order valence-electron chi connectivity index (χ0n) is 14.1. The largest absolute Gasteiger partial charge is 0.493 e. The Morgan fingerprint density at radius 1 is 1.43 bits per heavy atom. The Bertz CT molecular complexity index is 424. The standard InChI is InChI=1S/C16H30N4O/c1-14(2)12-17-9-7-6-8-15-16(21-5)13-18-20(15)11-10-19(3)4/h6,8,13-14,17H,7,9-12H2,1-5H3/b8-6+. The van der Waals surface area contributed by atoms with Gasteiger partial charge in [0.2, 0.25) is 0 Å². The lowest BCUT2D eigenvalue weighted by molar-refractivity contribution is 0.370. The van der Waals surface area contributed by atoms with Crippen molar-refractivity contribution in [3.8, 4) is 5.75 Å². The van der Waals surface area contributed by atoms with Crippen LogP contribution in [0.1, 0.15) is 26.0 Å². The molecule has 21 heavy (non-hydrogen) atoms. The monoisotopic (exact) mass is 294 g/mol. The van der Waals surface area contributed by atoms with Crippen molar-refractivity contribution in [1.82, 2.24) is 20.0 Å². The van der Waals surface area contributed by atoms with Gasteiger partial charge in [-0.05, 0) is 45.6 Å². The maximum atomic E-state index is 5.38. The number of hydrogen-bond acceptors (Lipinski definition) is 4. The summed E-state index contributed by atoms with van der Waals surface area (Å²) in [5, 5.41) is 7.83. The number of nitrogens with one attached hydrogen (secondary N) is 1. The minimum absolute atomic E-state index is 0.696. The van der Waals surface area contributed by atoms with Gasteiger partial charge in [0.1, 0.15) is 5.69 Å². The van der Waals surface area contributed by atoms with Crippen molar-refractivity contribution < 1.29 is 4.74 Å². The minimum atomic E-state index is 0.696. The Hall–Kier alpha value is -1.33. The number of hydrogen-bond donors (Lipinski definition) is 1. The predicted octanol–water partition coefficient (Wildman–Crippen LogP) is 2.10. The summed E-state index contributed by atoms with van der Waals surface area (Å²) in [4.78, 5) is 2.15. The second-order valence-electron chi connectivity index (χ2n) is 5.91. The maximum absolute atomic E-state index is 5.38. The minimum Gasteiger partial charge on any atom is -0.493 e. The fourth-order valence-corrected chi connectivity index (χ4v) is 1.95. The van der Waals surface area contributed by atoms with E-state index in [1.807, 2.05) is 4.68 Å². The van der Waals surface area contributed by atoms with E-state index in [9.17, 15) is 0 Å². The Morgan fingerprint density at radius 3 is 2.81 bits per heavy atom. The maximum Gasteiger partial charge on any atom is 0.164 e. The lowest BCUT2D eigenvalue weighted by Crippen LogP contribution is -2.20. The summed E-state index contributed by atoms with van der Waals surface area (Å²) >= 11 is 0. The normalized spacial score (nSPS) is 12.0. The van der Waals surface area contributed by atoms with Crippen LogP contribution in [0.15, 0.2) is 12.3 Å². The van der Waals surface area contributed by atoms with Gasteiger partial charge in [-0.15, -0.1) is 0 Å². The third kappa shape index (κ3) is 6.78. The highest BCUT2D eigenvalue weighted by molar-refractivity contribution is 5.52. The molecule has 0 aliphatic heterocycles. The summed E-state index contributed by atoms with van der Waals surface area (Å²) in [6.45, 7) is 8.33. The molecule has 1 heterocycles. The molecule has 0 saturated heterocycles. The van der Waals surface area contributed by atoms with E-state index in [0.717, 1.165) is 44.0 Å². The Kier molecular flexibility index (Phi) is 8.08. The number of rotatable bonds is 10. The predicted molar refractivity (Wildman–Crippen MR) is 88.7 cm³/mol. The van der Waals surface area contributed by atoms with Crippen LogP contribution in [0, 0.1) is 5.92 Å². The van der Waals surface area contributed by atoms with Gasteiger partial charge < -0.3 is 15.0 Å². The van der Waals surface area contributed by atoms with Crippen LogP contribution >= 0.6 is 0 Å². The van der Waals surface area contributed by atoms with Gasteiger partial charge in [-0.3, -0.25) is 4.68 Å². The Labute approximate surface area is 129 Å². The van der Waals surface area contributed by atoms with E-state index in [1.165, 1.54) is 0 Å². The molecule has 0 aliphatic carbocycles. The molecule has 0 unspecified atom stereocenters. The molecule has 1 rings (SSSR count). The Morgan fingerprint density at radius 2 is 2.19 bits per heavy atom. The quantitative estimate of drug-likeness (QED) is 0.671. The molecule has 0 aliphatic rings. The highest BCUT2D eigenvalue weighted by Gasteiger charge is 2.08. The molecule has 1 aromatic rings. The van der Waals surface area contributed by atoms with Crippen LogP contribution in [0.25, 0.3) is 6.08 Å². The number of likely N-dealkylation sites (N-methyl/N-ethyl adjacent to an activating group) is 1. The summed E-state index contributed by atoms with van der Waals surface area (Å²) in [6, 6.07) is 0. The summed E-state index contributed by atoms with van der Waals surface area (Å²) < 4.78 is 7.38. The molecule has 1 N–H and O–H groups in total. The van der Waals surface area contributed by atoms with Crippen LogP contribution in [0.2, 0.25) is 0 Å². The molecule has 5 nitrogen and oxygen atoms in total. The van der Waals surface area contributed by atoms with Gasteiger partial charge in [0.05, 0.1) is 19.9 Å². The fourth-order valence-electron chi connectivity index (χ4n) is 1.95. The second kappa shape index (κ2) is 9.58. The van der Waals surface area contributed by atoms with Gasteiger partial charge in [0, 0.05) is 6.54 Å². The molecule has 0 aromatic carbocycles. The van der Waals surface area contributed by atoms with Gasteiger partial charge in [0.15, 0.2) is 5.75 Å². The van der Waals surface area contributed by atoms with E-state index in [1.54, 1.807) is 13.3 Å². The van der Waals surface area contributed by atoms with Crippen LogP contribution in [-0.2, 0) is 6.54 Å². The molecule has 0 spiro atoms. The number of ether oxygens (including phenoxy) is 1. The number of aromatic nitrogens is 2. The molecule has 1 aromatic heterocycles. The molecule has 120 valence electrons. The van der Waals surface area contributed by atoms with E-state index < -0.39 is 0 Å². The van der Waals surface area contributed by atoms with E-state index in [0.29, 0.717) is 5.92 Å². The molecule has 0 saturated carbocycles. The topological polar surface area (TPSA) is 42.3 Å². The summed E-state index contributed by atoms with van der Waals surface area (Å²) in [6.07, 6.45) is 7.08. The van der Waals surface area contributed by atoms with Crippen molar-refractivity contribution in [2.24, 2.45) is 5.92 Å². The smallest absolute Gasteiger partial charge is 0.164 e. The molecule has 0 radical (unpaired) electrons. The lowest BCUT2D eigenvalue weighted by atomic mass is 10.2. The van der Waals surface area contributed by atoms with E-state index in [4.69, 9.17) is 4.74 Å². The van der Waals surface area contributed by atoms with E-state index in [2.05, 4.69) is 55.4 Å². The molecule has 0 bridgehead atoms. The van der Waals surface area contributed by atoms with Gasteiger partial charge in [0.25, 0.3) is 0 Å². The zero-order chi connectivity index (χ0) is 15.7. The average Bonchev–Trinajstić information content (AvgIpc) is 2.82. The number of methoxy groups -OCH3 is 1. The highest BCUT2D eigenvalue weighted by Crippen LogP contribution is 2.19. The SMILES string of the molecule is COc1cnn(CCN(C)C)c1/C=C/CCNCC(C)C. The third-order valence-electron chi connectivity index (χ3n) is 3.14. The molecule has 0 fully saturated rings. The van der Waals surface area contributed by atoms with E-state index >= 15 is 0 Å². The molecule has 0 atom stereocenters. The highest BCUT2D eigenvalue weighted by atomic mass is 16.5. The van der Waals surface area contributed by atoms with Gasteiger partial charge in [-0.1, -0.05) is 19.9 Å². The van der Waals surface area contributed by atoms with Crippen LogP contribution in [-0.4, -0.2) is 55.5 Å². The van der Waals surface area contributed by atoms with Gasteiger partial charge in [-0.25, -0.2) is 0 Å². The Balaban J connectivity index is 2.52. The van der Waals surface area contributed by atoms with E-state index in [-0.39, 0.29) is 0 Å². The molecular formula is C16H30N4O. The van der Waals surface area contributed by atoms with Crippen LogP contribution < -0.4 is 10.1 Å². The third-order valence-corrected chi connectivity index (χ3v) is 3.14. The van der Waals surface area contributed by atoms with Crippen molar-refractivity contribution in [3.63, 3.8) is 0 Å². The summed E-state index contributed by atoms with van der Waals surface area (Å²) in [5.74, 6) is 1.53. The zero-order valence-corrected chi connectivity index (χ0v) is 14.1. The van der Waals surface area contributed by atoms with Crippen molar-refractivity contribution >= 4 is 6.08 Å². The average molecular weight is 294 g/mol. The summed E-state index contributed by atoms with van der Waals surface area (Å²) in [7, 11) is 5.82. The van der Waals surface area contributed by atoms with Crippen LogP contribution in [0.3, 0.4) is 0 Å². The molecule has 5 heteroatoms. The first-order chi connectivity index (χ1) is 10.0. The van der Waals surface area contributed by atoms with Crippen LogP contribution in [0.5, 0.6) is 5.75 Å². The van der Waals surface area contributed by atoms with Crippen molar-refractivity contribution in [1.29, 1.82) is 0 Å². The van der Waals surface area contributed by atoms with Crippen molar-refractivity contribution in [2.45, 2.75) is 26.8 Å². The lowest BCUT2D eigenvalue weighted by Gasteiger charge is -2.11. The van der Waals surface area contributed by atoms with Crippen molar-refractivity contribution in [2.75, 3.05) is 40.8 Å². The second-order valence-corrected chi connectivity index (χ2v) is 5.91. The van der Waals surface area contributed by atoms with Crippen LogP contribution in [0.4, 0.5) is 0 Å². The molecular weight excluding hydrogens is 264 g/mol. The van der Waals surface area contributed by atoms with Crippen molar-refractivity contribution in [3.05, 3.63) is 18.0 Å².